The molecule has 1 heterocycles. The van der Waals surface area contributed by atoms with Gasteiger partial charge in [-0.05, 0) is 81.1 Å². The molecule has 29 heavy (non-hydrogen) atoms. The van der Waals surface area contributed by atoms with E-state index >= 15 is 0 Å². The average Bonchev–Trinajstić information content (AvgIpc) is 2.65. The Morgan fingerprint density at radius 1 is 1.00 bits per heavy atom. The number of sulfonamides is 2. The van der Waals surface area contributed by atoms with E-state index in [9.17, 15) is 16.8 Å². The zero-order valence-corrected chi connectivity index (χ0v) is 19.0. The topological polar surface area (TPSA) is 83.5 Å². The highest BCUT2D eigenvalue weighted by molar-refractivity contribution is 7.92. The molecule has 1 aliphatic rings. The van der Waals surface area contributed by atoms with E-state index in [1.807, 2.05) is 6.92 Å². The molecule has 3 rings (SSSR count). The summed E-state index contributed by atoms with van der Waals surface area (Å²) in [5.41, 5.74) is 1.49. The number of nitrogens with zero attached hydrogens (tertiary/aromatic N) is 1. The lowest BCUT2D eigenvalue weighted by atomic mass is 10.1. The molecule has 1 aliphatic heterocycles. The molecular weight excluding hydrogens is 432 g/mol. The third-order valence-electron chi connectivity index (χ3n) is 5.20. The van der Waals surface area contributed by atoms with Gasteiger partial charge >= 0.3 is 0 Å². The first-order valence-corrected chi connectivity index (χ1v) is 12.7. The van der Waals surface area contributed by atoms with Crippen molar-refractivity contribution in [1.29, 1.82) is 0 Å². The van der Waals surface area contributed by atoms with Crippen LogP contribution in [0, 0.1) is 13.8 Å². The first kappa shape index (κ1) is 22.1. The third kappa shape index (κ3) is 4.60. The molecule has 0 saturated carbocycles. The molecule has 0 amide bonds. The Morgan fingerprint density at radius 3 is 2.28 bits per heavy atom. The van der Waals surface area contributed by atoms with Gasteiger partial charge in [0.15, 0.2) is 0 Å². The normalized spacial score (nSPS) is 18.6. The van der Waals surface area contributed by atoms with Crippen molar-refractivity contribution >= 4 is 37.3 Å². The lowest BCUT2D eigenvalue weighted by Gasteiger charge is -2.32. The van der Waals surface area contributed by atoms with Crippen LogP contribution < -0.4 is 4.72 Å². The zero-order valence-electron chi connectivity index (χ0n) is 16.6. The van der Waals surface area contributed by atoms with E-state index in [1.165, 1.54) is 34.6 Å². The maximum absolute atomic E-state index is 12.9. The number of anilines is 1. The van der Waals surface area contributed by atoms with Gasteiger partial charge in [-0.3, -0.25) is 4.72 Å². The second-order valence-corrected chi connectivity index (χ2v) is 11.4. The van der Waals surface area contributed by atoms with Crippen molar-refractivity contribution < 1.29 is 16.8 Å². The maximum Gasteiger partial charge on any atom is 0.262 e. The van der Waals surface area contributed by atoms with Crippen molar-refractivity contribution in [2.24, 2.45) is 0 Å². The van der Waals surface area contributed by atoms with Crippen molar-refractivity contribution in [3.63, 3.8) is 0 Å². The van der Waals surface area contributed by atoms with E-state index in [0.29, 0.717) is 28.4 Å². The Kier molecular flexibility index (Phi) is 6.29. The highest BCUT2D eigenvalue weighted by Gasteiger charge is 2.31. The standard InChI is InChI=1S/C20H25ClN2O4S2/c1-14-13-20(15(2)12-19(14)21)28(24,25)22-17-7-9-18(10-8-17)29(26,27)23-11-5-4-6-16(23)3/h7-10,12-13,16,22H,4-6,11H2,1-3H3. The first-order chi connectivity index (χ1) is 13.5. The van der Waals surface area contributed by atoms with Crippen LogP contribution >= 0.6 is 11.6 Å². The van der Waals surface area contributed by atoms with Crippen molar-refractivity contribution in [2.75, 3.05) is 11.3 Å². The predicted molar refractivity (Wildman–Crippen MR) is 115 cm³/mol. The fraction of sp³-hybridized carbons (Fsp3) is 0.400. The summed E-state index contributed by atoms with van der Waals surface area (Å²) in [6.07, 6.45) is 2.72. The summed E-state index contributed by atoms with van der Waals surface area (Å²) in [6.45, 7) is 5.83. The molecule has 1 saturated heterocycles. The van der Waals surface area contributed by atoms with E-state index in [1.54, 1.807) is 19.9 Å². The Bertz CT molecular complexity index is 1110. The SMILES string of the molecule is Cc1cc(S(=O)(=O)Nc2ccc(S(=O)(=O)N3CCCCC3C)cc2)c(C)cc1Cl. The molecule has 0 spiro atoms. The van der Waals surface area contributed by atoms with Crippen LogP contribution in [0.15, 0.2) is 46.2 Å². The van der Waals surface area contributed by atoms with E-state index in [4.69, 9.17) is 11.6 Å². The second kappa shape index (κ2) is 8.26. The van der Waals surface area contributed by atoms with Gasteiger partial charge in [0.25, 0.3) is 10.0 Å². The summed E-state index contributed by atoms with van der Waals surface area (Å²) in [6, 6.07) is 8.91. The molecule has 9 heteroatoms. The first-order valence-electron chi connectivity index (χ1n) is 9.44. The molecule has 1 atom stereocenters. The Morgan fingerprint density at radius 2 is 1.66 bits per heavy atom. The number of rotatable bonds is 5. The Labute approximate surface area is 178 Å². The van der Waals surface area contributed by atoms with Crippen LogP contribution in [0.25, 0.3) is 0 Å². The van der Waals surface area contributed by atoms with Crippen LogP contribution in [0.5, 0.6) is 0 Å². The maximum atomic E-state index is 12.9. The molecule has 1 unspecified atom stereocenters. The zero-order chi connectivity index (χ0) is 21.4. The Hall–Kier alpha value is -1.61. The van der Waals surface area contributed by atoms with Gasteiger partial charge in [-0.1, -0.05) is 18.0 Å². The van der Waals surface area contributed by atoms with Gasteiger partial charge in [0.05, 0.1) is 9.79 Å². The van der Waals surface area contributed by atoms with Crippen molar-refractivity contribution in [2.45, 2.75) is 55.9 Å². The fourth-order valence-electron chi connectivity index (χ4n) is 3.51. The number of nitrogens with one attached hydrogen (secondary N) is 1. The van der Waals surface area contributed by atoms with Crippen LogP contribution in [-0.4, -0.2) is 33.7 Å². The van der Waals surface area contributed by atoms with E-state index in [-0.39, 0.29) is 15.8 Å². The average molecular weight is 457 g/mol. The fourth-order valence-corrected chi connectivity index (χ4v) is 6.80. The van der Waals surface area contributed by atoms with E-state index in [0.717, 1.165) is 19.3 Å². The van der Waals surface area contributed by atoms with E-state index in [2.05, 4.69) is 4.72 Å². The van der Waals surface area contributed by atoms with Crippen LogP contribution in [-0.2, 0) is 20.0 Å². The highest BCUT2D eigenvalue weighted by Crippen LogP contribution is 2.28. The van der Waals surface area contributed by atoms with Crippen molar-refractivity contribution in [1.82, 2.24) is 4.31 Å². The van der Waals surface area contributed by atoms with Gasteiger partial charge in [-0.2, -0.15) is 4.31 Å². The van der Waals surface area contributed by atoms with Crippen LogP contribution in [0.4, 0.5) is 5.69 Å². The molecule has 2 aromatic rings. The predicted octanol–water partition coefficient (Wildman–Crippen LogP) is 4.32. The molecule has 2 aromatic carbocycles. The molecule has 1 fully saturated rings. The number of hydrogen-bond acceptors (Lipinski definition) is 4. The molecule has 0 radical (unpaired) electrons. The quantitative estimate of drug-likeness (QED) is 0.726. The van der Waals surface area contributed by atoms with Gasteiger partial charge in [0, 0.05) is 23.3 Å². The molecule has 6 nitrogen and oxygen atoms in total. The third-order valence-corrected chi connectivity index (χ3v) is 9.16. The molecular formula is C20H25ClN2O4S2. The smallest absolute Gasteiger partial charge is 0.262 e. The number of halogens is 1. The Balaban J connectivity index is 1.84. The number of benzene rings is 2. The summed E-state index contributed by atoms with van der Waals surface area (Å²) >= 11 is 6.05. The van der Waals surface area contributed by atoms with Gasteiger partial charge in [0.2, 0.25) is 10.0 Å². The molecule has 0 aliphatic carbocycles. The lowest BCUT2D eigenvalue weighted by molar-refractivity contribution is 0.268. The van der Waals surface area contributed by atoms with Crippen LogP contribution in [0.2, 0.25) is 5.02 Å². The summed E-state index contributed by atoms with van der Waals surface area (Å²) < 4.78 is 55.4. The minimum atomic E-state index is -3.83. The lowest BCUT2D eigenvalue weighted by Crippen LogP contribution is -2.41. The monoisotopic (exact) mass is 456 g/mol. The summed E-state index contributed by atoms with van der Waals surface area (Å²) in [4.78, 5) is 0.297. The minimum absolute atomic E-state index is 0.0388. The molecule has 1 N–H and O–H groups in total. The highest BCUT2D eigenvalue weighted by atomic mass is 35.5. The van der Waals surface area contributed by atoms with Gasteiger partial charge in [0.1, 0.15) is 0 Å². The largest absolute Gasteiger partial charge is 0.280 e. The molecule has 0 bridgehead atoms. The number of aryl methyl sites for hydroxylation is 2. The van der Waals surface area contributed by atoms with Gasteiger partial charge in [-0.15, -0.1) is 0 Å². The summed E-state index contributed by atoms with van der Waals surface area (Å²) in [5, 5.41) is 0.503. The summed E-state index contributed by atoms with van der Waals surface area (Å²) in [7, 11) is -7.43. The van der Waals surface area contributed by atoms with Gasteiger partial charge in [-0.25, -0.2) is 16.8 Å². The summed E-state index contributed by atoms with van der Waals surface area (Å²) in [5.74, 6) is 0. The van der Waals surface area contributed by atoms with Crippen molar-refractivity contribution in [3.05, 3.63) is 52.5 Å². The minimum Gasteiger partial charge on any atom is -0.280 e. The molecule has 158 valence electrons. The van der Waals surface area contributed by atoms with Gasteiger partial charge < -0.3 is 0 Å². The second-order valence-electron chi connectivity index (χ2n) is 7.46. The van der Waals surface area contributed by atoms with Crippen LogP contribution in [0.3, 0.4) is 0 Å². The molecule has 0 aromatic heterocycles. The van der Waals surface area contributed by atoms with Crippen molar-refractivity contribution in [3.8, 4) is 0 Å². The number of piperidine rings is 1. The number of hydrogen-bond donors (Lipinski definition) is 1. The van der Waals surface area contributed by atoms with Crippen LogP contribution in [0.1, 0.15) is 37.3 Å². The van der Waals surface area contributed by atoms with E-state index < -0.39 is 20.0 Å².